The molecule has 0 heterocycles. The molecule has 2 aliphatic rings. The van der Waals surface area contributed by atoms with Crippen LogP contribution in [0, 0.1) is 5.92 Å². The summed E-state index contributed by atoms with van der Waals surface area (Å²) in [6.45, 7) is 0. The van der Waals surface area contributed by atoms with E-state index in [4.69, 9.17) is 0 Å². The summed E-state index contributed by atoms with van der Waals surface area (Å²) in [5, 5.41) is 10.4. The van der Waals surface area contributed by atoms with Crippen molar-refractivity contribution in [2.75, 3.05) is 0 Å². The quantitative estimate of drug-likeness (QED) is 0.853. The molecule has 2 aliphatic carbocycles. The second-order valence-corrected chi connectivity index (χ2v) is 7.02. The zero-order valence-electron chi connectivity index (χ0n) is 10.1. The second-order valence-electron chi connectivity index (χ2n) is 5.53. The van der Waals surface area contributed by atoms with Crippen LogP contribution in [0.1, 0.15) is 38.5 Å². The Morgan fingerprint density at radius 1 is 1.24 bits per heavy atom. The monoisotopic (exact) mass is 248 g/mol. The van der Waals surface area contributed by atoms with Crippen LogP contribution in [0.4, 0.5) is 0 Å². The predicted octanol–water partition coefficient (Wildman–Crippen LogP) is 3.86. The van der Waals surface area contributed by atoms with Crippen molar-refractivity contribution >= 4 is 11.8 Å². The third-order valence-corrected chi connectivity index (χ3v) is 5.79. The zero-order chi connectivity index (χ0) is 11.7. The van der Waals surface area contributed by atoms with E-state index in [-0.39, 0.29) is 10.9 Å². The van der Waals surface area contributed by atoms with E-state index in [0.29, 0.717) is 0 Å². The average molecular weight is 248 g/mol. The van der Waals surface area contributed by atoms with Crippen LogP contribution in [0.15, 0.2) is 35.2 Å². The summed E-state index contributed by atoms with van der Waals surface area (Å²) in [7, 11) is 0. The molecule has 2 saturated carbocycles. The van der Waals surface area contributed by atoms with Crippen molar-refractivity contribution in [1.82, 2.24) is 0 Å². The lowest BCUT2D eigenvalue weighted by atomic mass is 9.80. The molecule has 0 aliphatic heterocycles. The number of thioether (sulfide) groups is 1. The molecule has 0 spiro atoms. The lowest BCUT2D eigenvalue weighted by molar-refractivity contribution is 0.109. The van der Waals surface area contributed by atoms with E-state index in [9.17, 15) is 5.11 Å². The van der Waals surface area contributed by atoms with Gasteiger partial charge in [0, 0.05) is 9.64 Å². The van der Waals surface area contributed by atoms with Gasteiger partial charge in [-0.15, -0.1) is 11.8 Å². The Morgan fingerprint density at radius 3 is 2.47 bits per heavy atom. The molecule has 0 amide bonds. The van der Waals surface area contributed by atoms with Gasteiger partial charge in [0.05, 0.1) is 6.10 Å². The molecule has 0 bridgehead atoms. The van der Waals surface area contributed by atoms with Gasteiger partial charge in [-0.3, -0.25) is 0 Å². The van der Waals surface area contributed by atoms with Crippen LogP contribution in [0.5, 0.6) is 0 Å². The van der Waals surface area contributed by atoms with Crippen LogP contribution in [-0.4, -0.2) is 16.0 Å². The number of rotatable bonds is 5. The molecule has 1 nitrogen and oxygen atoms in total. The summed E-state index contributed by atoms with van der Waals surface area (Å²) in [4.78, 5) is 1.30. The third kappa shape index (κ3) is 2.53. The van der Waals surface area contributed by atoms with E-state index < -0.39 is 0 Å². The van der Waals surface area contributed by atoms with Crippen molar-refractivity contribution < 1.29 is 5.11 Å². The lowest BCUT2D eigenvalue weighted by Crippen LogP contribution is -2.29. The largest absolute Gasteiger partial charge is 0.392 e. The minimum atomic E-state index is -0.0991. The summed E-state index contributed by atoms with van der Waals surface area (Å²) in [6.07, 6.45) is 7.33. The summed E-state index contributed by atoms with van der Waals surface area (Å²) < 4.78 is 0.150. The Bertz CT molecular complexity index is 368. The lowest BCUT2D eigenvalue weighted by Gasteiger charge is -2.31. The minimum absolute atomic E-state index is 0.0991. The van der Waals surface area contributed by atoms with Crippen LogP contribution in [-0.2, 0) is 0 Å². The Labute approximate surface area is 108 Å². The first-order valence-corrected chi connectivity index (χ1v) is 7.52. The van der Waals surface area contributed by atoms with Gasteiger partial charge >= 0.3 is 0 Å². The molecule has 1 aromatic carbocycles. The fourth-order valence-electron chi connectivity index (χ4n) is 2.61. The highest BCUT2D eigenvalue weighted by Gasteiger charge is 2.50. The van der Waals surface area contributed by atoms with Gasteiger partial charge in [-0.25, -0.2) is 0 Å². The maximum absolute atomic E-state index is 10.4. The molecule has 1 aromatic rings. The Morgan fingerprint density at radius 2 is 1.94 bits per heavy atom. The van der Waals surface area contributed by atoms with E-state index in [1.54, 1.807) is 0 Å². The molecule has 0 saturated heterocycles. The van der Waals surface area contributed by atoms with E-state index in [2.05, 4.69) is 30.3 Å². The zero-order valence-corrected chi connectivity index (χ0v) is 11.0. The Hall–Kier alpha value is -0.470. The predicted molar refractivity (Wildman–Crippen MR) is 72.2 cm³/mol. The fraction of sp³-hybridized carbons (Fsp3) is 0.600. The summed E-state index contributed by atoms with van der Waals surface area (Å²) in [5.74, 6) is 0.804. The van der Waals surface area contributed by atoms with E-state index in [0.717, 1.165) is 12.3 Å². The number of aliphatic hydroxyl groups is 1. The van der Waals surface area contributed by atoms with E-state index in [1.165, 1.54) is 37.0 Å². The molecule has 3 rings (SSSR count). The SMILES string of the molecule is OC(CC1CCC1)C1(Sc2ccccc2)CC1. The van der Waals surface area contributed by atoms with Crippen LogP contribution in [0.25, 0.3) is 0 Å². The third-order valence-electron chi connectivity index (χ3n) is 4.20. The van der Waals surface area contributed by atoms with Crippen LogP contribution in [0.2, 0.25) is 0 Å². The van der Waals surface area contributed by atoms with Gasteiger partial charge in [-0.1, -0.05) is 37.5 Å². The van der Waals surface area contributed by atoms with Crippen molar-refractivity contribution in [3.05, 3.63) is 30.3 Å². The normalized spacial score (nSPS) is 24.1. The fourth-order valence-corrected chi connectivity index (χ4v) is 3.91. The van der Waals surface area contributed by atoms with Gasteiger partial charge in [0.2, 0.25) is 0 Å². The smallest absolute Gasteiger partial charge is 0.0693 e. The van der Waals surface area contributed by atoms with Gasteiger partial charge in [0.15, 0.2) is 0 Å². The van der Waals surface area contributed by atoms with Gasteiger partial charge in [0.1, 0.15) is 0 Å². The highest BCUT2D eigenvalue weighted by Crippen LogP contribution is 2.55. The summed E-state index contributed by atoms with van der Waals surface area (Å²) >= 11 is 1.89. The maximum atomic E-state index is 10.4. The maximum Gasteiger partial charge on any atom is 0.0693 e. The average Bonchev–Trinajstić information content (AvgIpc) is 3.06. The van der Waals surface area contributed by atoms with Gasteiger partial charge in [0.25, 0.3) is 0 Å². The van der Waals surface area contributed by atoms with Gasteiger partial charge in [-0.05, 0) is 37.3 Å². The minimum Gasteiger partial charge on any atom is -0.392 e. The molecular weight excluding hydrogens is 228 g/mol. The molecule has 1 unspecified atom stereocenters. The van der Waals surface area contributed by atoms with Crippen molar-refractivity contribution in [3.8, 4) is 0 Å². The molecule has 1 N–H and O–H groups in total. The van der Waals surface area contributed by atoms with Crippen LogP contribution >= 0.6 is 11.8 Å². The van der Waals surface area contributed by atoms with Crippen LogP contribution < -0.4 is 0 Å². The summed E-state index contributed by atoms with van der Waals surface area (Å²) in [5.41, 5.74) is 0. The van der Waals surface area contributed by atoms with Crippen molar-refractivity contribution in [2.45, 2.75) is 54.3 Å². The number of aliphatic hydroxyl groups excluding tert-OH is 1. The van der Waals surface area contributed by atoms with Gasteiger partial charge in [-0.2, -0.15) is 0 Å². The van der Waals surface area contributed by atoms with Crippen molar-refractivity contribution in [2.24, 2.45) is 5.92 Å². The molecule has 1 atom stereocenters. The van der Waals surface area contributed by atoms with Crippen molar-refractivity contribution in [1.29, 1.82) is 0 Å². The first kappa shape index (κ1) is 11.6. The highest BCUT2D eigenvalue weighted by atomic mass is 32.2. The highest BCUT2D eigenvalue weighted by molar-refractivity contribution is 8.01. The molecular formula is C15H20OS. The molecule has 92 valence electrons. The standard InChI is InChI=1S/C15H20OS/c16-14(11-12-5-4-6-12)15(9-10-15)17-13-7-2-1-3-8-13/h1-3,7-8,12,14,16H,4-6,9-11H2. The molecule has 0 radical (unpaired) electrons. The van der Waals surface area contributed by atoms with Gasteiger partial charge < -0.3 is 5.11 Å². The molecule has 0 aromatic heterocycles. The topological polar surface area (TPSA) is 20.2 Å². The van der Waals surface area contributed by atoms with E-state index >= 15 is 0 Å². The first-order valence-electron chi connectivity index (χ1n) is 6.71. The van der Waals surface area contributed by atoms with E-state index in [1.807, 2.05) is 11.8 Å². The number of hydrogen-bond donors (Lipinski definition) is 1. The number of hydrogen-bond acceptors (Lipinski definition) is 2. The summed E-state index contributed by atoms with van der Waals surface area (Å²) in [6, 6.07) is 10.5. The van der Waals surface area contributed by atoms with Crippen molar-refractivity contribution in [3.63, 3.8) is 0 Å². The number of benzene rings is 1. The Balaban J connectivity index is 1.61. The molecule has 2 fully saturated rings. The molecule has 17 heavy (non-hydrogen) atoms. The Kier molecular flexibility index (Phi) is 3.18. The van der Waals surface area contributed by atoms with Crippen LogP contribution in [0.3, 0.4) is 0 Å². The molecule has 2 heteroatoms. The second kappa shape index (κ2) is 4.66. The first-order chi connectivity index (χ1) is 8.28.